The Hall–Kier alpha value is -1.10. The maximum Gasteiger partial charge on any atom is 0.229 e. The van der Waals surface area contributed by atoms with Gasteiger partial charge in [0.15, 0.2) is 5.82 Å². The Kier molecular flexibility index (Phi) is 3.90. The number of nitrogens with two attached hydrogens (primary N) is 1. The van der Waals surface area contributed by atoms with Gasteiger partial charge in [0.1, 0.15) is 0 Å². The molecule has 0 amide bonds. The molecule has 4 nitrogen and oxygen atoms in total. The van der Waals surface area contributed by atoms with Crippen LogP contribution in [0.25, 0.3) is 0 Å². The van der Waals surface area contributed by atoms with Crippen molar-refractivity contribution in [3.05, 3.63) is 45.5 Å². The summed E-state index contributed by atoms with van der Waals surface area (Å²) in [7, 11) is 0. The molecule has 0 saturated heterocycles. The molecule has 0 radical (unpaired) electrons. The lowest BCUT2D eigenvalue weighted by atomic mass is 10.1. The van der Waals surface area contributed by atoms with Crippen molar-refractivity contribution >= 4 is 23.2 Å². The third-order valence-corrected chi connectivity index (χ3v) is 3.20. The molecule has 1 aromatic carbocycles. The summed E-state index contributed by atoms with van der Waals surface area (Å²) in [6, 6.07) is 4.62. The molecule has 1 aromatic heterocycles. The highest BCUT2D eigenvalue weighted by atomic mass is 35.5. The van der Waals surface area contributed by atoms with Crippen LogP contribution < -0.4 is 5.73 Å². The molecule has 1 heterocycles. The van der Waals surface area contributed by atoms with Crippen LogP contribution in [0.15, 0.2) is 22.7 Å². The number of hydrogen-bond donors (Lipinski definition) is 1. The summed E-state index contributed by atoms with van der Waals surface area (Å²) in [6.07, 6.45) is 0. The Morgan fingerprint density at radius 1 is 1.22 bits per heavy atom. The van der Waals surface area contributed by atoms with E-state index in [1.54, 1.807) is 18.2 Å². The van der Waals surface area contributed by atoms with Crippen molar-refractivity contribution in [2.75, 3.05) is 0 Å². The minimum atomic E-state index is -0.595. The van der Waals surface area contributed by atoms with E-state index in [-0.39, 0.29) is 5.92 Å². The van der Waals surface area contributed by atoms with E-state index in [4.69, 9.17) is 33.5 Å². The van der Waals surface area contributed by atoms with Crippen LogP contribution in [0.5, 0.6) is 0 Å². The predicted molar refractivity (Wildman–Crippen MR) is 70.9 cm³/mol. The molecule has 96 valence electrons. The number of aromatic nitrogens is 2. The van der Waals surface area contributed by atoms with Gasteiger partial charge in [-0.25, -0.2) is 0 Å². The van der Waals surface area contributed by atoms with Crippen molar-refractivity contribution < 1.29 is 4.52 Å². The zero-order valence-corrected chi connectivity index (χ0v) is 11.5. The van der Waals surface area contributed by atoms with Crippen molar-refractivity contribution in [2.24, 2.45) is 5.73 Å². The van der Waals surface area contributed by atoms with Crippen LogP contribution in [-0.2, 0) is 0 Å². The summed E-state index contributed by atoms with van der Waals surface area (Å²) < 4.78 is 5.12. The maximum atomic E-state index is 6.09. The Morgan fingerprint density at radius 2 is 1.83 bits per heavy atom. The fraction of sp³-hybridized carbons (Fsp3) is 0.333. The summed E-state index contributed by atoms with van der Waals surface area (Å²) in [5, 5.41) is 4.85. The second-order valence-electron chi connectivity index (χ2n) is 4.26. The van der Waals surface area contributed by atoms with Crippen molar-refractivity contribution in [1.82, 2.24) is 10.1 Å². The van der Waals surface area contributed by atoms with E-state index < -0.39 is 6.04 Å². The average Bonchev–Trinajstić information content (AvgIpc) is 2.77. The number of benzene rings is 1. The molecule has 0 saturated carbocycles. The summed E-state index contributed by atoms with van der Waals surface area (Å²) in [5.74, 6) is 1.08. The summed E-state index contributed by atoms with van der Waals surface area (Å²) in [6.45, 7) is 3.93. The predicted octanol–water partition coefficient (Wildman–Crippen LogP) is 3.55. The van der Waals surface area contributed by atoms with Crippen LogP contribution in [0.3, 0.4) is 0 Å². The first-order valence-corrected chi connectivity index (χ1v) is 6.29. The highest BCUT2D eigenvalue weighted by Crippen LogP contribution is 2.31. The monoisotopic (exact) mass is 285 g/mol. The zero-order chi connectivity index (χ0) is 13.3. The van der Waals surface area contributed by atoms with Crippen LogP contribution in [0, 0.1) is 0 Å². The number of nitrogens with zero attached hydrogens (tertiary/aromatic N) is 2. The van der Waals surface area contributed by atoms with Gasteiger partial charge in [0.2, 0.25) is 5.89 Å². The molecule has 0 spiro atoms. The molecule has 1 unspecified atom stereocenters. The molecule has 0 fully saturated rings. The van der Waals surface area contributed by atoms with Crippen molar-refractivity contribution in [1.29, 1.82) is 0 Å². The van der Waals surface area contributed by atoms with Crippen LogP contribution in [0.2, 0.25) is 10.0 Å². The first-order valence-electron chi connectivity index (χ1n) is 5.53. The Morgan fingerprint density at radius 3 is 2.33 bits per heavy atom. The molecule has 18 heavy (non-hydrogen) atoms. The van der Waals surface area contributed by atoms with E-state index in [0.717, 1.165) is 0 Å². The van der Waals surface area contributed by atoms with Crippen LogP contribution >= 0.6 is 23.2 Å². The molecule has 0 bridgehead atoms. The molecule has 0 aliphatic rings. The van der Waals surface area contributed by atoms with Gasteiger partial charge in [0, 0.05) is 21.5 Å². The van der Waals surface area contributed by atoms with Gasteiger partial charge in [-0.15, -0.1) is 0 Å². The highest BCUT2D eigenvalue weighted by molar-refractivity contribution is 6.36. The standard InChI is InChI=1S/C12H13Cl2N3O/c1-6(2)12-16-11(17-18-12)10(15)9-7(13)4-3-5-8(9)14/h3-6,10H,15H2,1-2H3. The third-order valence-electron chi connectivity index (χ3n) is 2.54. The van der Waals surface area contributed by atoms with Crippen LogP contribution in [-0.4, -0.2) is 10.1 Å². The average molecular weight is 286 g/mol. The van der Waals surface area contributed by atoms with E-state index in [0.29, 0.717) is 27.3 Å². The molecular weight excluding hydrogens is 273 g/mol. The summed E-state index contributed by atoms with van der Waals surface area (Å²) >= 11 is 12.2. The van der Waals surface area contributed by atoms with Crippen LogP contribution in [0.4, 0.5) is 0 Å². The first-order chi connectivity index (χ1) is 8.50. The molecule has 0 aliphatic carbocycles. The Bertz CT molecular complexity index is 534. The topological polar surface area (TPSA) is 64.9 Å². The maximum absolute atomic E-state index is 6.09. The van der Waals surface area contributed by atoms with Gasteiger partial charge in [-0.05, 0) is 12.1 Å². The minimum absolute atomic E-state index is 0.153. The van der Waals surface area contributed by atoms with E-state index in [9.17, 15) is 0 Å². The van der Waals surface area contributed by atoms with Gasteiger partial charge in [-0.2, -0.15) is 4.98 Å². The van der Waals surface area contributed by atoms with Gasteiger partial charge in [-0.3, -0.25) is 0 Å². The van der Waals surface area contributed by atoms with Crippen molar-refractivity contribution in [2.45, 2.75) is 25.8 Å². The number of halogens is 2. The number of hydrogen-bond acceptors (Lipinski definition) is 4. The van der Waals surface area contributed by atoms with Crippen molar-refractivity contribution in [3.8, 4) is 0 Å². The molecule has 1 atom stereocenters. The molecule has 2 aromatic rings. The van der Waals surface area contributed by atoms with Crippen molar-refractivity contribution in [3.63, 3.8) is 0 Å². The SMILES string of the molecule is CC(C)c1nc(C(N)c2c(Cl)cccc2Cl)no1. The van der Waals surface area contributed by atoms with E-state index in [1.165, 1.54) is 0 Å². The summed E-state index contributed by atoms with van der Waals surface area (Å²) in [4.78, 5) is 4.25. The molecule has 6 heteroatoms. The van der Waals surface area contributed by atoms with E-state index >= 15 is 0 Å². The van der Waals surface area contributed by atoms with Gasteiger partial charge >= 0.3 is 0 Å². The van der Waals surface area contributed by atoms with E-state index in [2.05, 4.69) is 10.1 Å². The molecule has 2 rings (SSSR count). The highest BCUT2D eigenvalue weighted by Gasteiger charge is 2.21. The van der Waals surface area contributed by atoms with Gasteiger partial charge in [0.05, 0.1) is 6.04 Å². The lowest BCUT2D eigenvalue weighted by Crippen LogP contribution is -2.14. The smallest absolute Gasteiger partial charge is 0.229 e. The Labute approximate surface area is 115 Å². The molecule has 2 N–H and O–H groups in total. The van der Waals surface area contributed by atoms with Gasteiger partial charge in [-0.1, -0.05) is 48.3 Å². The first kappa shape index (κ1) is 13.3. The zero-order valence-electron chi connectivity index (χ0n) is 10.0. The minimum Gasteiger partial charge on any atom is -0.339 e. The largest absolute Gasteiger partial charge is 0.339 e. The second kappa shape index (κ2) is 5.26. The Balaban J connectivity index is 2.38. The molecule has 0 aliphatic heterocycles. The summed E-state index contributed by atoms with van der Waals surface area (Å²) in [5.41, 5.74) is 6.69. The molecular formula is C12H13Cl2N3O. The van der Waals surface area contributed by atoms with Gasteiger partial charge < -0.3 is 10.3 Å². The van der Waals surface area contributed by atoms with Gasteiger partial charge in [0.25, 0.3) is 0 Å². The lowest BCUT2D eigenvalue weighted by molar-refractivity contribution is 0.359. The van der Waals surface area contributed by atoms with Crippen LogP contribution in [0.1, 0.15) is 43.1 Å². The van der Waals surface area contributed by atoms with E-state index in [1.807, 2.05) is 13.8 Å². The number of rotatable bonds is 3. The third kappa shape index (κ3) is 2.51. The normalized spacial score (nSPS) is 13.0. The lowest BCUT2D eigenvalue weighted by Gasteiger charge is -2.11. The second-order valence-corrected chi connectivity index (χ2v) is 5.07. The fourth-order valence-corrected chi connectivity index (χ4v) is 2.18. The quantitative estimate of drug-likeness (QED) is 0.937. The fourth-order valence-electron chi connectivity index (χ4n) is 1.55.